The number of aromatic amines is 1. The van der Waals surface area contributed by atoms with Gasteiger partial charge >= 0.3 is 5.97 Å². The van der Waals surface area contributed by atoms with E-state index in [9.17, 15) is 4.79 Å². The molecule has 4 heteroatoms. The van der Waals surface area contributed by atoms with Crippen molar-refractivity contribution < 1.29 is 11.3 Å². The van der Waals surface area contributed by atoms with Gasteiger partial charge in [-0.15, -0.1) is 0 Å². The van der Waals surface area contributed by atoms with Gasteiger partial charge in [-0.3, -0.25) is 4.79 Å². The zero-order valence-corrected chi connectivity index (χ0v) is 7.97. The number of benzene rings is 1. The van der Waals surface area contributed by atoms with E-state index in [0.717, 1.165) is 10.9 Å². The number of aliphatic carboxylic acids is 1. The molecule has 0 fully saturated rings. The highest BCUT2D eigenvalue weighted by molar-refractivity contribution is 5.84. The number of hydrogen-bond donors (Lipinski definition) is 3. The van der Waals surface area contributed by atoms with Crippen molar-refractivity contribution in [3.63, 3.8) is 0 Å². The molecule has 1 aromatic heterocycles. The molecule has 1 aromatic carbocycles. The summed E-state index contributed by atoms with van der Waals surface area (Å²) >= 11 is 0. The van der Waals surface area contributed by atoms with E-state index in [1.807, 2.05) is 24.3 Å². The highest BCUT2D eigenvalue weighted by atomic mass is 16.4. The summed E-state index contributed by atoms with van der Waals surface area (Å²) in [6, 6.07) is 6.23. The van der Waals surface area contributed by atoms with Crippen LogP contribution in [0.3, 0.4) is 0 Å². The van der Waals surface area contributed by atoms with Crippen LogP contribution in [-0.4, -0.2) is 22.1 Å². The largest absolute Gasteiger partial charge is 0.480 e. The maximum absolute atomic E-state index is 10.7. The van der Waals surface area contributed by atoms with Gasteiger partial charge in [0.05, 0.1) is 0 Å². The Morgan fingerprint density at radius 2 is 2.33 bits per heavy atom. The van der Waals surface area contributed by atoms with E-state index < -0.39 is 18.4 Å². The van der Waals surface area contributed by atoms with E-state index in [-0.39, 0.29) is 0 Å². The molecular weight excluding hydrogens is 192 g/mol. The number of nitrogens with two attached hydrogens (primary N) is 1. The van der Waals surface area contributed by atoms with Crippen molar-refractivity contribution in [1.82, 2.24) is 4.98 Å². The molecule has 0 radical (unpaired) electrons. The molecule has 2 rings (SSSR count). The zero-order valence-electron chi connectivity index (χ0n) is 8.97. The number of carbonyl (C=O) groups is 1. The molecule has 2 atom stereocenters. The van der Waals surface area contributed by atoms with Gasteiger partial charge in [0.15, 0.2) is 0 Å². The van der Waals surface area contributed by atoms with Crippen molar-refractivity contribution in [1.29, 1.82) is 0 Å². The lowest BCUT2D eigenvalue weighted by Crippen LogP contribution is -2.32. The molecule has 0 aliphatic carbocycles. The number of hydrogen-bond acceptors (Lipinski definition) is 2. The van der Waals surface area contributed by atoms with Gasteiger partial charge in [-0.1, -0.05) is 18.2 Å². The van der Waals surface area contributed by atoms with Crippen LogP contribution in [0.15, 0.2) is 30.5 Å². The van der Waals surface area contributed by atoms with Gasteiger partial charge in [-0.25, -0.2) is 0 Å². The highest BCUT2D eigenvalue weighted by Gasteiger charge is 2.14. The van der Waals surface area contributed by atoms with E-state index >= 15 is 0 Å². The Hall–Kier alpha value is -1.81. The first-order valence-corrected chi connectivity index (χ1v) is 4.58. The molecule has 4 nitrogen and oxygen atoms in total. The van der Waals surface area contributed by atoms with Crippen LogP contribution in [0.2, 0.25) is 0 Å². The first-order valence-electron chi connectivity index (χ1n) is 5.15. The molecule has 0 saturated carbocycles. The van der Waals surface area contributed by atoms with E-state index in [1.54, 1.807) is 6.20 Å². The van der Waals surface area contributed by atoms with Crippen LogP contribution < -0.4 is 5.73 Å². The van der Waals surface area contributed by atoms with E-state index in [2.05, 4.69) is 4.98 Å². The maximum atomic E-state index is 10.7. The fraction of sp³-hybridized carbons (Fsp3) is 0.182. The third kappa shape index (κ3) is 1.85. The molecule has 15 heavy (non-hydrogen) atoms. The van der Waals surface area contributed by atoms with E-state index in [0.29, 0.717) is 5.56 Å². The van der Waals surface area contributed by atoms with Crippen molar-refractivity contribution in [2.45, 2.75) is 12.4 Å². The minimum Gasteiger partial charge on any atom is -0.480 e. The number of H-pyrrole nitrogens is 1. The maximum Gasteiger partial charge on any atom is 0.320 e. The van der Waals surface area contributed by atoms with Crippen LogP contribution in [0, 0.1) is 0 Å². The predicted octanol–water partition coefficient (Wildman–Crippen LogP) is 1.12. The second-order valence-electron chi connectivity index (χ2n) is 3.32. The molecule has 0 amide bonds. The van der Waals surface area contributed by atoms with Crippen LogP contribution in [-0.2, 0) is 11.2 Å². The van der Waals surface area contributed by atoms with Crippen molar-refractivity contribution >= 4 is 16.9 Å². The molecular formula is C11H12N2O2. The summed E-state index contributed by atoms with van der Waals surface area (Å²) in [7, 11) is 0. The molecule has 4 N–H and O–H groups in total. The Morgan fingerprint density at radius 1 is 1.60 bits per heavy atom. The Morgan fingerprint density at radius 3 is 3.07 bits per heavy atom. The summed E-state index contributed by atoms with van der Waals surface area (Å²) in [4.78, 5) is 13.7. The molecule has 0 spiro atoms. The fourth-order valence-corrected chi connectivity index (χ4v) is 1.50. The monoisotopic (exact) mass is 205 g/mol. The lowest BCUT2D eigenvalue weighted by molar-refractivity contribution is -0.138. The minimum atomic E-state index is -1.21. The normalized spacial score (nSPS) is 15.9. The van der Waals surface area contributed by atoms with Gasteiger partial charge in [0.25, 0.3) is 0 Å². The third-order valence-corrected chi connectivity index (χ3v) is 2.27. The van der Waals surface area contributed by atoms with Crippen LogP contribution in [0.5, 0.6) is 0 Å². The standard InChI is InChI=1S/C11H12N2O2/c12-9(11(14)15)5-7-6-13-10-4-2-1-3-8(7)10/h1-4,6,9,13H,5,12H2,(H,14,15)/t9-/m0/s1/i5D/t5-,9-. The number of carboxylic acid groups (broad SMARTS) is 1. The molecule has 1 heterocycles. The number of fused-ring (bicyclic) bond motifs is 1. The van der Waals surface area contributed by atoms with Crippen molar-refractivity contribution in [2.75, 3.05) is 0 Å². The van der Waals surface area contributed by atoms with Gasteiger partial charge in [-0.2, -0.15) is 0 Å². The molecule has 0 bridgehead atoms. The summed E-state index contributed by atoms with van der Waals surface area (Å²) in [5, 5.41) is 9.61. The third-order valence-electron chi connectivity index (χ3n) is 2.27. The minimum absolute atomic E-state index is 0.616. The van der Waals surface area contributed by atoms with Crippen LogP contribution in [0.25, 0.3) is 10.9 Å². The first kappa shape index (κ1) is 8.49. The molecule has 0 aliphatic rings. The SMILES string of the molecule is [2H][C@@H](c1c[nH]c2ccccc12)[C@H](N)C(=O)O. The van der Waals surface area contributed by atoms with Gasteiger partial charge in [0.2, 0.25) is 0 Å². The average Bonchev–Trinajstić information content (AvgIpc) is 2.70. The fourth-order valence-electron chi connectivity index (χ4n) is 1.50. The van der Waals surface area contributed by atoms with Gasteiger partial charge in [0.1, 0.15) is 6.04 Å². The molecule has 78 valence electrons. The Balaban J connectivity index is 2.44. The van der Waals surface area contributed by atoms with Gasteiger partial charge in [-0.05, 0) is 11.6 Å². The average molecular weight is 205 g/mol. The van der Waals surface area contributed by atoms with Crippen LogP contribution in [0.1, 0.15) is 6.93 Å². The van der Waals surface area contributed by atoms with Crippen molar-refractivity contribution in [2.24, 2.45) is 5.73 Å². The molecule has 0 aliphatic heterocycles. The Labute approximate surface area is 88.1 Å². The number of nitrogens with one attached hydrogen (secondary N) is 1. The smallest absolute Gasteiger partial charge is 0.320 e. The first-order chi connectivity index (χ1) is 7.61. The van der Waals surface area contributed by atoms with Crippen LogP contribution >= 0.6 is 0 Å². The van der Waals surface area contributed by atoms with Gasteiger partial charge < -0.3 is 15.8 Å². The Kier molecular flexibility index (Phi) is 2.12. The van der Waals surface area contributed by atoms with Crippen LogP contribution in [0.4, 0.5) is 0 Å². The van der Waals surface area contributed by atoms with Crippen molar-refractivity contribution in [3.8, 4) is 0 Å². The quantitative estimate of drug-likeness (QED) is 0.702. The number of para-hydroxylation sites is 1. The van der Waals surface area contributed by atoms with Gasteiger partial charge in [0, 0.05) is 24.9 Å². The zero-order chi connectivity index (χ0) is 11.7. The lowest BCUT2D eigenvalue weighted by Gasteiger charge is -2.04. The topological polar surface area (TPSA) is 79.1 Å². The number of carboxylic acids is 1. The second kappa shape index (κ2) is 3.74. The number of rotatable bonds is 3. The van der Waals surface area contributed by atoms with Crippen molar-refractivity contribution in [3.05, 3.63) is 36.0 Å². The summed E-state index contributed by atoms with van der Waals surface area (Å²) in [5.41, 5.74) is 6.94. The molecule has 0 saturated heterocycles. The predicted molar refractivity (Wildman–Crippen MR) is 57.6 cm³/mol. The summed E-state index contributed by atoms with van der Waals surface area (Å²) in [5.74, 6) is -1.16. The molecule has 0 unspecified atom stereocenters. The van der Waals surface area contributed by atoms with E-state index in [1.165, 1.54) is 0 Å². The highest BCUT2D eigenvalue weighted by Crippen LogP contribution is 2.18. The summed E-state index contributed by atoms with van der Waals surface area (Å²) in [6.45, 7) is 0. The summed E-state index contributed by atoms with van der Waals surface area (Å²) in [6.07, 6.45) is 0.680. The summed E-state index contributed by atoms with van der Waals surface area (Å²) < 4.78 is 7.82. The lowest BCUT2D eigenvalue weighted by atomic mass is 10.1. The molecule has 2 aromatic rings. The Bertz CT molecular complexity index is 523. The van der Waals surface area contributed by atoms with E-state index in [4.69, 9.17) is 12.2 Å². The number of aromatic nitrogens is 1. The second-order valence-corrected chi connectivity index (χ2v) is 3.32.